The maximum atomic E-state index is 11.1. The van der Waals surface area contributed by atoms with Crippen LogP contribution in [-0.2, 0) is 0 Å². The molecule has 0 unspecified atom stereocenters. The molecule has 2 rings (SSSR count). The highest BCUT2D eigenvalue weighted by Gasteiger charge is 2.03. The van der Waals surface area contributed by atoms with Gasteiger partial charge in [-0.3, -0.25) is 4.79 Å². The second kappa shape index (κ2) is 2.48. The first-order valence-corrected chi connectivity index (χ1v) is 3.86. The van der Waals surface area contributed by atoms with E-state index in [1.807, 2.05) is 40.9 Å². The Hall–Kier alpha value is -1.57. The monoisotopic (exact) mass is 159 g/mol. The minimum Gasteiger partial charge on any atom is -0.314 e. The van der Waals surface area contributed by atoms with E-state index in [1.165, 1.54) is 0 Å². The molecule has 0 spiro atoms. The minimum absolute atomic E-state index is 0.0983. The summed E-state index contributed by atoms with van der Waals surface area (Å²) in [6.45, 7) is 1.58. The number of hydrogen-bond acceptors (Lipinski definition) is 1. The van der Waals surface area contributed by atoms with Crippen molar-refractivity contribution in [3.63, 3.8) is 0 Å². The number of Topliss-reactive ketones (excluding diaryl/α,β-unsaturated/α-hetero) is 1. The zero-order valence-electron chi connectivity index (χ0n) is 6.82. The third kappa shape index (κ3) is 0.925. The third-order valence-electron chi connectivity index (χ3n) is 1.92. The molecule has 0 aliphatic heterocycles. The Kier molecular flexibility index (Phi) is 1.47. The van der Waals surface area contributed by atoms with Crippen LogP contribution in [0.1, 0.15) is 17.4 Å². The third-order valence-corrected chi connectivity index (χ3v) is 1.92. The Labute approximate surface area is 70.4 Å². The Morgan fingerprint density at radius 1 is 1.25 bits per heavy atom. The van der Waals surface area contributed by atoms with Gasteiger partial charge in [-0.1, -0.05) is 6.07 Å². The van der Waals surface area contributed by atoms with Crippen LogP contribution in [0, 0.1) is 0 Å². The summed E-state index contributed by atoms with van der Waals surface area (Å²) in [5.74, 6) is 0.0983. The van der Waals surface area contributed by atoms with E-state index in [2.05, 4.69) is 0 Å². The zero-order chi connectivity index (χ0) is 8.55. The highest BCUT2D eigenvalue weighted by molar-refractivity contribution is 5.93. The van der Waals surface area contributed by atoms with Crippen molar-refractivity contribution in [3.8, 4) is 0 Å². The summed E-state index contributed by atoms with van der Waals surface area (Å²) < 4.78 is 1.89. The van der Waals surface area contributed by atoms with Crippen molar-refractivity contribution in [3.05, 3.63) is 42.2 Å². The molecule has 0 amide bonds. The fourth-order valence-corrected chi connectivity index (χ4v) is 1.34. The van der Waals surface area contributed by atoms with Gasteiger partial charge in [-0.25, -0.2) is 0 Å². The quantitative estimate of drug-likeness (QED) is 0.584. The lowest BCUT2D eigenvalue weighted by Gasteiger charge is -1.96. The first-order chi connectivity index (χ1) is 5.79. The molecule has 0 N–H and O–H groups in total. The number of pyridine rings is 1. The van der Waals surface area contributed by atoms with Crippen molar-refractivity contribution in [1.29, 1.82) is 0 Å². The summed E-state index contributed by atoms with van der Waals surface area (Å²) in [7, 11) is 0. The summed E-state index contributed by atoms with van der Waals surface area (Å²) in [6, 6.07) is 9.64. The Bertz CT molecular complexity index is 428. The highest BCUT2D eigenvalue weighted by atomic mass is 16.1. The highest BCUT2D eigenvalue weighted by Crippen LogP contribution is 2.09. The second-order valence-electron chi connectivity index (χ2n) is 2.77. The van der Waals surface area contributed by atoms with Crippen LogP contribution in [0.15, 0.2) is 36.5 Å². The molecule has 12 heavy (non-hydrogen) atoms. The number of aromatic nitrogens is 1. The molecule has 2 heteroatoms. The molecule has 2 nitrogen and oxygen atoms in total. The van der Waals surface area contributed by atoms with Gasteiger partial charge in [0.05, 0.1) is 5.69 Å². The fourth-order valence-electron chi connectivity index (χ4n) is 1.34. The van der Waals surface area contributed by atoms with E-state index in [1.54, 1.807) is 6.92 Å². The Balaban J connectivity index is 2.79. The average Bonchev–Trinajstić information content (AvgIpc) is 2.47. The molecule has 0 atom stereocenters. The lowest BCUT2D eigenvalue weighted by Crippen LogP contribution is -1.96. The summed E-state index contributed by atoms with van der Waals surface area (Å²) >= 11 is 0. The Morgan fingerprint density at radius 3 is 2.83 bits per heavy atom. The molecule has 0 aliphatic carbocycles. The number of carbonyl (C=O) groups excluding carboxylic acids is 1. The van der Waals surface area contributed by atoms with Crippen molar-refractivity contribution in [1.82, 2.24) is 4.40 Å². The van der Waals surface area contributed by atoms with Crippen LogP contribution in [0.4, 0.5) is 0 Å². The molecule has 2 aromatic heterocycles. The maximum Gasteiger partial charge on any atom is 0.176 e. The molecular formula is C10H9NO. The Morgan fingerprint density at radius 2 is 2.08 bits per heavy atom. The van der Waals surface area contributed by atoms with Crippen LogP contribution < -0.4 is 0 Å². The van der Waals surface area contributed by atoms with E-state index in [0.29, 0.717) is 0 Å². The lowest BCUT2D eigenvalue weighted by atomic mass is 10.3. The number of fused-ring (bicyclic) bond motifs is 1. The largest absolute Gasteiger partial charge is 0.314 e. The first kappa shape index (κ1) is 7.10. The molecule has 0 bridgehead atoms. The van der Waals surface area contributed by atoms with Gasteiger partial charge in [0, 0.05) is 18.6 Å². The van der Waals surface area contributed by atoms with Crippen molar-refractivity contribution in [2.75, 3.05) is 0 Å². The predicted molar refractivity (Wildman–Crippen MR) is 47.4 cm³/mol. The first-order valence-electron chi connectivity index (χ1n) is 3.86. The standard InChI is InChI=1S/C10H9NO/c1-8(12)10-6-5-9-4-2-3-7-11(9)10/h2-7H,1H3. The molecule has 0 fully saturated rings. The average molecular weight is 159 g/mol. The van der Waals surface area contributed by atoms with Crippen molar-refractivity contribution >= 4 is 11.3 Å². The van der Waals surface area contributed by atoms with Crippen molar-refractivity contribution < 1.29 is 4.79 Å². The zero-order valence-corrected chi connectivity index (χ0v) is 6.82. The molecule has 0 saturated heterocycles. The van der Waals surface area contributed by atoms with E-state index in [0.717, 1.165) is 11.2 Å². The van der Waals surface area contributed by atoms with Crippen LogP contribution in [0.3, 0.4) is 0 Å². The van der Waals surface area contributed by atoms with Gasteiger partial charge >= 0.3 is 0 Å². The molecule has 2 heterocycles. The minimum atomic E-state index is 0.0983. The van der Waals surface area contributed by atoms with Gasteiger partial charge in [-0.2, -0.15) is 0 Å². The van der Waals surface area contributed by atoms with Crippen molar-refractivity contribution in [2.24, 2.45) is 0 Å². The summed E-state index contributed by atoms with van der Waals surface area (Å²) in [5, 5.41) is 0. The molecule has 0 aromatic carbocycles. The van der Waals surface area contributed by atoms with E-state index in [4.69, 9.17) is 0 Å². The number of rotatable bonds is 1. The fraction of sp³-hybridized carbons (Fsp3) is 0.100. The summed E-state index contributed by atoms with van der Waals surface area (Å²) in [5.41, 5.74) is 1.80. The normalized spacial score (nSPS) is 10.4. The van der Waals surface area contributed by atoms with Crippen molar-refractivity contribution in [2.45, 2.75) is 6.92 Å². The van der Waals surface area contributed by atoms with E-state index < -0.39 is 0 Å². The van der Waals surface area contributed by atoms with E-state index in [-0.39, 0.29) is 5.78 Å². The number of hydrogen-bond donors (Lipinski definition) is 0. The van der Waals surface area contributed by atoms with E-state index >= 15 is 0 Å². The molecular weight excluding hydrogens is 150 g/mol. The van der Waals surface area contributed by atoms with Gasteiger partial charge in [0.15, 0.2) is 5.78 Å². The van der Waals surface area contributed by atoms with Gasteiger partial charge in [0.1, 0.15) is 0 Å². The van der Waals surface area contributed by atoms with Gasteiger partial charge in [0.25, 0.3) is 0 Å². The smallest absolute Gasteiger partial charge is 0.176 e. The molecule has 0 aliphatic rings. The van der Waals surface area contributed by atoms with Crippen LogP contribution in [-0.4, -0.2) is 10.2 Å². The maximum absolute atomic E-state index is 11.1. The van der Waals surface area contributed by atoms with Gasteiger partial charge in [0.2, 0.25) is 0 Å². The lowest BCUT2D eigenvalue weighted by molar-refractivity contribution is 0.101. The van der Waals surface area contributed by atoms with Crippen LogP contribution in [0.5, 0.6) is 0 Å². The predicted octanol–water partition coefficient (Wildman–Crippen LogP) is 2.14. The number of carbonyl (C=O) groups is 1. The summed E-state index contributed by atoms with van der Waals surface area (Å²) in [6.07, 6.45) is 1.89. The SMILES string of the molecule is CC(=O)c1ccc2ccccn12. The van der Waals surface area contributed by atoms with E-state index in [9.17, 15) is 4.79 Å². The number of ketones is 1. The second-order valence-corrected chi connectivity index (χ2v) is 2.77. The molecule has 2 aromatic rings. The van der Waals surface area contributed by atoms with Gasteiger partial charge < -0.3 is 4.40 Å². The van der Waals surface area contributed by atoms with Gasteiger partial charge in [-0.15, -0.1) is 0 Å². The van der Waals surface area contributed by atoms with Crippen LogP contribution in [0.2, 0.25) is 0 Å². The summed E-state index contributed by atoms with van der Waals surface area (Å²) in [4.78, 5) is 11.1. The van der Waals surface area contributed by atoms with Gasteiger partial charge in [-0.05, 0) is 24.3 Å². The van der Waals surface area contributed by atoms with Crippen LogP contribution in [0.25, 0.3) is 5.52 Å². The molecule has 60 valence electrons. The molecule has 0 radical (unpaired) electrons. The number of nitrogens with zero attached hydrogens (tertiary/aromatic N) is 1. The topological polar surface area (TPSA) is 21.5 Å². The van der Waals surface area contributed by atoms with Crippen LogP contribution >= 0.6 is 0 Å². The molecule has 0 saturated carbocycles.